The van der Waals surface area contributed by atoms with Gasteiger partial charge in [0.25, 0.3) is 0 Å². The summed E-state index contributed by atoms with van der Waals surface area (Å²) in [6, 6.07) is 10.3. The van der Waals surface area contributed by atoms with Crippen LogP contribution >= 0.6 is 0 Å². The summed E-state index contributed by atoms with van der Waals surface area (Å²) in [5.41, 5.74) is 3.06. The Balaban J connectivity index is 1.41. The number of hydrogen-bond donors (Lipinski definition) is 2. The summed E-state index contributed by atoms with van der Waals surface area (Å²) < 4.78 is 0. The van der Waals surface area contributed by atoms with Crippen LogP contribution in [0, 0.1) is 11.8 Å². The van der Waals surface area contributed by atoms with Crippen LogP contribution in [0.4, 0.5) is 0 Å². The summed E-state index contributed by atoms with van der Waals surface area (Å²) in [6.45, 7) is 2.23. The zero-order chi connectivity index (χ0) is 12.7. The maximum atomic E-state index is 3.86. The van der Waals surface area contributed by atoms with Gasteiger partial charge in [-0.15, -0.1) is 0 Å². The lowest BCUT2D eigenvalue weighted by Crippen LogP contribution is -2.42. The third-order valence-electron chi connectivity index (χ3n) is 5.54. The van der Waals surface area contributed by atoms with Crippen LogP contribution in [0.1, 0.15) is 42.9 Å². The second-order valence-corrected chi connectivity index (χ2v) is 6.65. The molecule has 4 atom stereocenters. The predicted octanol–water partition coefficient (Wildman–Crippen LogP) is 2.65. The maximum Gasteiger partial charge on any atom is 0.0449 e. The summed E-state index contributed by atoms with van der Waals surface area (Å²) in [6.07, 6.45) is 7.07. The van der Waals surface area contributed by atoms with E-state index < -0.39 is 0 Å². The minimum atomic E-state index is 0.518. The van der Waals surface area contributed by atoms with Gasteiger partial charge in [-0.1, -0.05) is 30.7 Å². The van der Waals surface area contributed by atoms with E-state index >= 15 is 0 Å². The van der Waals surface area contributed by atoms with E-state index in [2.05, 4.69) is 34.9 Å². The SMILES string of the molecule is c1ccc2c(c1)CCNC2CNC1CC2CCC1C2. The monoisotopic (exact) mass is 256 g/mol. The number of rotatable bonds is 3. The molecule has 2 N–H and O–H groups in total. The molecule has 3 aliphatic rings. The number of hydrogen-bond acceptors (Lipinski definition) is 2. The first-order valence-electron chi connectivity index (χ1n) is 7.95. The van der Waals surface area contributed by atoms with Crippen LogP contribution in [-0.4, -0.2) is 19.1 Å². The highest BCUT2D eigenvalue weighted by Gasteiger charge is 2.39. The largest absolute Gasteiger partial charge is 0.312 e. The zero-order valence-corrected chi connectivity index (χ0v) is 11.6. The molecule has 0 radical (unpaired) electrons. The van der Waals surface area contributed by atoms with Crippen LogP contribution < -0.4 is 10.6 Å². The summed E-state index contributed by atoms with van der Waals surface area (Å²) in [7, 11) is 0. The Morgan fingerprint density at radius 1 is 1.16 bits per heavy atom. The fraction of sp³-hybridized carbons (Fsp3) is 0.647. The second-order valence-electron chi connectivity index (χ2n) is 6.65. The summed E-state index contributed by atoms with van der Waals surface area (Å²) in [5, 5.41) is 7.54. The van der Waals surface area contributed by atoms with Crippen LogP contribution in [-0.2, 0) is 6.42 Å². The van der Waals surface area contributed by atoms with Crippen molar-refractivity contribution in [3.63, 3.8) is 0 Å². The lowest BCUT2D eigenvalue weighted by atomic mass is 9.92. The average Bonchev–Trinajstić information content (AvgIpc) is 3.07. The van der Waals surface area contributed by atoms with Crippen LogP contribution in [0.2, 0.25) is 0 Å². The van der Waals surface area contributed by atoms with Gasteiger partial charge in [-0.05, 0) is 55.2 Å². The molecule has 4 rings (SSSR count). The van der Waals surface area contributed by atoms with Crippen molar-refractivity contribution < 1.29 is 0 Å². The first-order chi connectivity index (χ1) is 9.40. The zero-order valence-electron chi connectivity index (χ0n) is 11.6. The molecule has 1 aromatic rings. The molecule has 1 aliphatic heterocycles. The molecule has 0 aromatic heterocycles. The average molecular weight is 256 g/mol. The Kier molecular flexibility index (Phi) is 3.08. The van der Waals surface area contributed by atoms with Crippen molar-refractivity contribution in [1.29, 1.82) is 0 Å². The third kappa shape index (κ3) is 2.21. The van der Waals surface area contributed by atoms with Gasteiger partial charge < -0.3 is 10.6 Å². The van der Waals surface area contributed by atoms with Gasteiger partial charge in [0, 0.05) is 18.6 Å². The molecule has 2 saturated carbocycles. The minimum absolute atomic E-state index is 0.518. The molecule has 0 spiro atoms. The van der Waals surface area contributed by atoms with E-state index in [4.69, 9.17) is 0 Å². The van der Waals surface area contributed by atoms with E-state index in [9.17, 15) is 0 Å². The molecular weight excluding hydrogens is 232 g/mol. The van der Waals surface area contributed by atoms with Crippen LogP contribution in [0.3, 0.4) is 0 Å². The van der Waals surface area contributed by atoms with E-state index in [1.54, 1.807) is 5.56 Å². The van der Waals surface area contributed by atoms with Gasteiger partial charge in [-0.2, -0.15) is 0 Å². The van der Waals surface area contributed by atoms with Crippen molar-refractivity contribution in [2.75, 3.05) is 13.1 Å². The lowest BCUT2D eigenvalue weighted by molar-refractivity contribution is 0.332. The fourth-order valence-corrected chi connectivity index (χ4v) is 4.54. The van der Waals surface area contributed by atoms with Crippen molar-refractivity contribution >= 4 is 0 Å². The summed E-state index contributed by atoms with van der Waals surface area (Å²) >= 11 is 0. The minimum Gasteiger partial charge on any atom is -0.312 e. The van der Waals surface area contributed by atoms with E-state index in [0.717, 1.165) is 31.0 Å². The Bertz CT molecular complexity index is 456. The molecule has 4 unspecified atom stereocenters. The standard InChI is InChI=1S/C17H24N2/c1-2-4-15-13(3-1)7-8-18-17(15)11-19-16-10-12-5-6-14(16)9-12/h1-4,12,14,16-19H,5-11H2. The Labute approximate surface area is 116 Å². The third-order valence-corrected chi connectivity index (χ3v) is 5.54. The number of fused-ring (bicyclic) bond motifs is 3. The normalized spacial score (nSPS) is 36.4. The molecule has 2 aliphatic carbocycles. The quantitative estimate of drug-likeness (QED) is 0.869. The molecule has 1 aromatic carbocycles. The van der Waals surface area contributed by atoms with Gasteiger partial charge >= 0.3 is 0 Å². The molecule has 2 fully saturated rings. The fourth-order valence-electron chi connectivity index (χ4n) is 4.54. The highest BCUT2D eigenvalue weighted by molar-refractivity contribution is 5.32. The molecule has 0 saturated heterocycles. The van der Waals surface area contributed by atoms with Crippen molar-refractivity contribution in [3.8, 4) is 0 Å². The Hall–Kier alpha value is -0.860. The highest BCUT2D eigenvalue weighted by Crippen LogP contribution is 2.44. The smallest absolute Gasteiger partial charge is 0.0449 e. The van der Waals surface area contributed by atoms with E-state index in [-0.39, 0.29) is 0 Å². The topological polar surface area (TPSA) is 24.1 Å². The van der Waals surface area contributed by atoms with Crippen LogP contribution in [0.25, 0.3) is 0 Å². The van der Waals surface area contributed by atoms with Crippen molar-refractivity contribution in [3.05, 3.63) is 35.4 Å². The molecule has 102 valence electrons. The van der Waals surface area contributed by atoms with Gasteiger partial charge in [0.05, 0.1) is 0 Å². The van der Waals surface area contributed by atoms with Crippen molar-refractivity contribution in [1.82, 2.24) is 10.6 Å². The van der Waals surface area contributed by atoms with E-state index in [1.807, 2.05) is 0 Å². The highest BCUT2D eigenvalue weighted by atomic mass is 15.0. The molecule has 0 amide bonds. The van der Waals surface area contributed by atoms with Crippen molar-refractivity contribution in [2.45, 2.75) is 44.2 Å². The molecule has 2 nitrogen and oxygen atoms in total. The maximum absolute atomic E-state index is 3.86. The van der Waals surface area contributed by atoms with Crippen LogP contribution in [0.15, 0.2) is 24.3 Å². The summed E-state index contributed by atoms with van der Waals surface area (Å²) in [5.74, 6) is 2.01. The molecule has 2 bridgehead atoms. The van der Waals surface area contributed by atoms with Gasteiger partial charge in [0.15, 0.2) is 0 Å². The summed E-state index contributed by atoms with van der Waals surface area (Å²) in [4.78, 5) is 0. The van der Waals surface area contributed by atoms with Gasteiger partial charge in [-0.3, -0.25) is 0 Å². The molecule has 1 heterocycles. The first kappa shape index (κ1) is 11.9. The molecular formula is C17H24N2. The molecule has 19 heavy (non-hydrogen) atoms. The predicted molar refractivity (Wildman–Crippen MR) is 78.1 cm³/mol. The van der Waals surface area contributed by atoms with Gasteiger partial charge in [-0.25, -0.2) is 0 Å². The number of nitrogens with one attached hydrogen (secondary N) is 2. The van der Waals surface area contributed by atoms with E-state index in [0.29, 0.717) is 6.04 Å². The van der Waals surface area contributed by atoms with E-state index in [1.165, 1.54) is 37.7 Å². The number of benzene rings is 1. The molecule has 2 heteroatoms. The Morgan fingerprint density at radius 3 is 2.95 bits per heavy atom. The Morgan fingerprint density at radius 2 is 2.11 bits per heavy atom. The van der Waals surface area contributed by atoms with Gasteiger partial charge in [0.1, 0.15) is 0 Å². The van der Waals surface area contributed by atoms with Crippen LogP contribution in [0.5, 0.6) is 0 Å². The van der Waals surface area contributed by atoms with Crippen molar-refractivity contribution in [2.24, 2.45) is 11.8 Å². The van der Waals surface area contributed by atoms with Gasteiger partial charge in [0.2, 0.25) is 0 Å². The first-order valence-corrected chi connectivity index (χ1v) is 7.95. The lowest BCUT2D eigenvalue weighted by Gasteiger charge is -2.30. The second kappa shape index (κ2) is 4.92.